The van der Waals surface area contributed by atoms with E-state index in [1.54, 1.807) is 0 Å². The van der Waals surface area contributed by atoms with Gasteiger partial charge in [0.05, 0.1) is 12.2 Å². The highest BCUT2D eigenvalue weighted by Crippen LogP contribution is 2.32. The molecule has 0 unspecified atom stereocenters. The first kappa shape index (κ1) is 13.4. The summed E-state index contributed by atoms with van der Waals surface area (Å²) >= 11 is 0. The number of aliphatic hydroxyl groups is 1. The van der Waals surface area contributed by atoms with Gasteiger partial charge in [-0.1, -0.05) is 0 Å². The summed E-state index contributed by atoms with van der Waals surface area (Å²) in [6.07, 6.45) is 7.97. The SMILES string of the molecule is N#Cc1cc2c(nc1N(CCO)C1CCC1)CCCC2. The standard InChI is InChI=1S/C16H21N3O/c17-11-13-10-12-4-1-2-7-15(12)18-16(13)19(8-9-20)14-5-3-6-14/h10,14,20H,1-9H2. The molecule has 0 aliphatic heterocycles. The van der Waals surface area contributed by atoms with Crippen molar-refractivity contribution in [3.8, 4) is 6.07 Å². The fraction of sp³-hybridized carbons (Fsp3) is 0.625. The fourth-order valence-corrected chi connectivity index (χ4v) is 3.19. The first-order valence-corrected chi connectivity index (χ1v) is 7.64. The third-order valence-electron chi connectivity index (χ3n) is 4.53. The molecule has 106 valence electrons. The van der Waals surface area contributed by atoms with Crippen LogP contribution in [0.2, 0.25) is 0 Å². The van der Waals surface area contributed by atoms with Gasteiger partial charge in [0.25, 0.3) is 0 Å². The van der Waals surface area contributed by atoms with Crippen molar-refractivity contribution in [3.05, 3.63) is 22.9 Å². The highest BCUT2D eigenvalue weighted by Gasteiger charge is 2.28. The molecule has 0 amide bonds. The van der Waals surface area contributed by atoms with Crippen LogP contribution in [0.15, 0.2) is 6.07 Å². The molecule has 0 atom stereocenters. The summed E-state index contributed by atoms with van der Waals surface area (Å²) in [5.41, 5.74) is 3.08. The first-order chi connectivity index (χ1) is 9.83. The minimum atomic E-state index is 0.111. The van der Waals surface area contributed by atoms with Crippen LogP contribution in [0.3, 0.4) is 0 Å². The molecule has 1 saturated carbocycles. The second-order valence-electron chi connectivity index (χ2n) is 5.79. The average molecular weight is 271 g/mol. The van der Waals surface area contributed by atoms with Crippen LogP contribution in [0.25, 0.3) is 0 Å². The van der Waals surface area contributed by atoms with Crippen LogP contribution in [-0.2, 0) is 12.8 Å². The van der Waals surface area contributed by atoms with Gasteiger partial charge >= 0.3 is 0 Å². The number of rotatable bonds is 4. The highest BCUT2D eigenvalue weighted by molar-refractivity contribution is 5.57. The molecule has 1 aromatic heterocycles. The van der Waals surface area contributed by atoms with Crippen LogP contribution in [-0.4, -0.2) is 29.3 Å². The van der Waals surface area contributed by atoms with Gasteiger partial charge in [0, 0.05) is 18.3 Å². The third kappa shape index (κ3) is 2.38. The topological polar surface area (TPSA) is 60.2 Å². The lowest BCUT2D eigenvalue weighted by Gasteiger charge is -2.39. The van der Waals surface area contributed by atoms with Gasteiger partial charge < -0.3 is 10.0 Å². The van der Waals surface area contributed by atoms with Gasteiger partial charge in [0.1, 0.15) is 11.9 Å². The van der Waals surface area contributed by atoms with Gasteiger partial charge in [-0.05, 0) is 56.6 Å². The molecule has 1 heterocycles. The first-order valence-electron chi connectivity index (χ1n) is 7.64. The van der Waals surface area contributed by atoms with Crippen LogP contribution in [0.1, 0.15) is 48.9 Å². The third-order valence-corrected chi connectivity index (χ3v) is 4.53. The predicted molar refractivity (Wildman–Crippen MR) is 77.7 cm³/mol. The maximum absolute atomic E-state index is 9.43. The number of aromatic nitrogens is 1. The number of nitrogens with zero attached hydrogens (tertiary/aromatic N) is 3. The molecule has 1 N–H and O–H groups in total. The Balaban J connectivity index is 1.99. The van der Waals surface area contributed by atoms with E-state index in [0.717, 1.165) is 37.2 Å². The summed E-state index contributed by atoms with van der Waals surface area (Å²) in [5, 5.41) is 18.7. The number of aliphatic hydroxyl groups excluding tert-OH is 1. The van der Waals surface area contributed by atoms with Crippen LogP contribution < -0.4 is 4.90 Å². The van der Waals surface area contributed by atoms with Crippen LogP contribution in [0, 0.1) is 11.3 Å². The Morgan fingerprint density at radius 3 is 2.75 bits per heavy atom. The Hall–Kier alpha value is -1.60. The molecule has 0 spiro atoms. The number of pyridine rings is 1. The van der Waals surface area contributed by atoms with Crippen LogP contribution >= 0.6 is 0 Å². The molecule has 1 fully saturated rings. The van der Waals surface area contributed by atoms with Crippen molar-refractivity contribution in [2.75, 3.05) is 18.1 Å². The van der Waals surface area contributed by atoms with Crippen molar-refractivity contribution < 1.29 is 5.11 Å². The minimum absolute atomic E-state index is 0.111. The Kier molecular flexibility index (Phi) is 3.88. The van der Waals surface area contributed by atoms with Crippen molar-refractivity contribution in [3.63, 3.8) is 0 Å². The zero-order valence-electron chi connectivity index (χ0n) is 11.8. The van der Waals surface area contributed by atoms with E-state index >= 15 is 0 Å². The summed E-state index contributed by atoms with van der Waals surface area (Å²) < 4.78 is 0. The number of aryl methyl sites for hydroxylation is 2. The van der Waals surface area contributed by atoms with E-state index in [9.17, 15) is 10.4 Å². The largest absolute Gasteiger partial charge is 0.395 e. The molecule has 1 aromatic rings. The number of anilines is 1. The van der Waals surface area contributed by atoms with Gasteiger partial charge in [0.15, 0.2) is 0 Å². The molecule has 4 nitrogen and oxygen atoms in total. The smallest absolute Gasteiger partial charge is 0.147 e. The summed E-state index contributed by atoms with van der Waals surface area (Å²) in [6.45, 7) is 0.686. The molecule has 2 aliphatic rings. The van der Waals surface area contributed by atoms with Gasteiger partial charge in [-0.15, -0.1) is 0 Å². The lowest BCUT2D eigenvalue weighted by Crippen LogP contribution is -2.43. The van der Waals surface area contributed by atoms with Crippen molar-refractivity contribution in [1.82, 2.24) is 4.98 Å². The minimum Gasteiger partial charge on any atom is -0.395 e. The number of fused-ring (bicyclic) bond motifs is 1. The zero-order chi connectivity index (χ0) is 13.9. The van der Waals surface area contributed by atoms with E-state index in [1.807, 2.05) is 6.07 Å². The normalized spacial score (nSPS) is 18.0. The molecular weight excluding hydrogens is 250 g/mol. The van der Waals surface area contributed by atoms with Gasteiger partial charge in [-0.25, -0.2) is 4.98 Å². The molecule has 0 bridgehead atoms. The average Bonchev–Trinajstić information content (AvgIpc) is 2.43. The number of nitriles is 1. The monoisotopic (exact) mass is 271 g/mol. The highest BCUT2D eigenvalue weighted by atomic mass is 16.3. The lowest BCUT2D eigenvalue weighted by molar-refractivity contribution is 0.283. The molecule has 3 rings (SSSR count). The maximum atomic E-state index is 9.43. The molecule has 2 aliphatic carbocycles. The van der Waals surface area contributed by atoms with Gasteiger partial charge in [-0.3, -0.25) is 0 Å². The van der Waals surface area contributed by atoms with Crippen molar-refractivity contribution in [2.24, 2.45) is 0 Å². The van der Waals surface area contributed by atoms with E-state index in [-0.39, 0.29) is 6.61 Å². The second-order valence-corrected chi connectivity index (χ2v) is 5.79. The van der Waals surface area contributed by atoms with Crippen LogP contribution in [0.5, 0.6) is 0 Å². The Bertz CT molecular complexity index is 531. The maximum Gasteiger partial charge on any atom is 0.147 e. The number of hydrogen-bond acceptors (Lipinski definition) is 4. The molecule has 0 radical (unpaired) electrons. The van der Waals surface area contributed by atoms with Crippen molar-refractivity contribution in [2.45, 2.75) is 51.0 Å². The fourth-order valence-electron chi connectivity index (χ4n) is 3.19. The Labute approximate surface area is 120 Å². The van der Waals surface area contributed by atoms with E-state index in [0.29, 0.717) is 18.2 Å². The van der Waals surface area contributed by atoms with E-state index < -0.39 is 0 Å². The quantitative estimate of drug-likeness (QED) is 0.912. The molecular formula is C16H21N3O. The lowest BCUT2D eigenvalue weighted by atomic mass is 9.90. The van der Waals surface area contributed by atoms with Gasteiger partial charge in [-0.2, -0.15) is 5.26 Å². The Morgan fingerprint density at radius 2 is 2.10 bits per heavy atom. The van der Waals surface area contributed by atoms with Crippen LogP contribution in [0.4, 0.5) is 5.82 Å². The molecule has 4 heteroatoms. The van der Waals surface area contributed by atoms with Crippen molar-refractivity contribution >= 4 is 5.82 Å². The summed E-state index contributed by atoms with van der Waals surface area (Å²) in [4.78, 5) is 6.95. The van der Waals surface area contributed by atoms with E-state index in [2.05, 4.69) is 11.0 Å². The predicted octanol–water partition coefficient (Wildman–Crippen LogP) is 2.18. The summed E-state index contributed by atoms with van der Waals surface area (Å²) in [7, 11) is 0. The second kappa shape index (κ2) is 5.80. The molecule has 20 heavy (non-hydrogen) atoms. The molecule has 0 aromatic carbocycles. The Morgan fingerprint density at radius 1 is 1.30 bits per heavy atom. The zero-order valence-corrected chi connectivity index (χ0v) is 11.8. The summed E-state index contributed by atoms with van der Waals surface area (Å²) in [5.74, 6) is 0.798. The van der Waals surface area contributed by atoms with Crippen molar-refractivity contribution in [1.29, 1.82) is 5.26 Å². The molecule has 0 saturated heterocycles. The van der Waals surface area contributed by atoms with E-state index in [4.69, 9.17) is 4.98 Å². The van der Waals surface area contributed by atoms with Gasteiger partial charge in [0.2, 0.25) is 0 Å². The summed E-state index contributed by atoms with van der Waals surface area (Å²) in [6, 6.07) is 4.78. The van der Waals surface area contributed by atoms with E-state index in [1.165, 1.54) is 24.8 Å². The number of hydrogen-bond donors (Lipinski definition) is 1.